The summed E-state index contributed by atoms with van der Waals surface area (Å²) < 4.78 is 26.7. The van der Waals surface area contributed by atoms with Crippen molar-refractivity contribution in [2.24, 2.45) is 0 Å². The van der Waals surface area contributed by atoms with Crippen molar-refractivity contribution in [2.75, 3.05) is 14.2 Å². The normalized spacial score (nSPS) is 11.2. The lowest BCUT2D eigenvalue weighted by Crippen LogP contribution is -2.06. The molecule has 5 aromatic rings. The van der Waals surface area contributed by atoms with Crippen LogP contribution in [0.15, 0.2) is 54.7 Å². The first-order valence-corrected chi connectivity index (χ1v) is 9.68. The Kier molecular flexibility index (Phi) is 4.74. The van der Waals surface area contributed by atoms with E-state index < -0.39 is 5.97 Å². The summed E-state index contributed by atoms with van der Waals surface area (Å²) in [5.41, 5.74) is 4.01. The molecule has 0 amide bonds. The average molecular weight is 432 g/mol. The van der Waals surface area contributed by atoms with E-state index in [1.807, 2.05) is 24.3 Å². The zero-order valence-electron chi connectivity index (χ0n) is 17.2. The third-order valence-electron chi connectivity index (χ3n) is 5.11. The van der Waals surface area contributed by atoms with Gasteiger partial charge in [-0.15, -0.1) is 10.2 Å². The molecule has 10 heteroatoms. The number of hydrogen-bond donors (Lipinski definition) is 0. The van der Waals surface area contributed by atoms with Gasteiger partial charge in [-0.3, -0.25) is 4.79 Å². The van der Waals surface area contributed by atoms with Crippen LogP contribution < -0.4 is 4.74 Å². The molecule has 0 saturated heterocycles. The van der Waals surface area contributed by atoms with E-state index in [9.17, 15) is 9.18 Å². The van der Waals surface area contributed by atoms with E-state index in [2.05, 4.69) is 20.4 Å². The Bertz CT molecular complexity index is 1440. The molecule has 0 aliphatic rings. The first-order valence-electron chi connectivity index (χ1n) is 9.68. The molecule has 0 fully saturated rings. The fourth-order valence-electron chi connectivity index (χ4n) is 3.49. The number of benzene rings is 2. The van der Waals surface area contributed by atoms with Crippen molar-refractivity contribution < 1.29 is 18.7 Å². The number of carbonyl (C=O) groups excluding carboxylic acids is 1. The smallest absolute Gasteiger partial charge is 0.311 e. The van der Waals surface area contributed by atoms with Gasteiger partial charge in [-0.05, 0) is 42.0 Å². The van der Waals surface area contributed by atoms with Gasteiger partial charge in [0.05, 0.1) is 32.5 Å². The number of fused-ring (bicyclic) bond motifs is 3. The van der Waals surface area contributed by atoms with Crippen LogP contribution in [0.1, 0.15) is 5.69 Å². The zero-order valence-corrected chi connectivity index (χ0v) is 17.2. The van der Waals surface area contributed by atoms with Gasteiger partial charge < -0.3 is 9.47 Å². The molecular formula is C22H17FN6O3. The number of aromatic nitrogens is 6. The SMILES string of the molecule is COC(=O)Cc1nn(-c2ccc(OC)cc2)c2c1nnc1c(-c3ccc(F)cc3)cnn12. The Morgan fingerprint density at radius 1 is 1.03 bits per heavy atom. The maximum absolute atomic E-state index is 13.4. The van der Waals surface area contributed by atoms with Gasteiger partial charge in [-0.25, -0.2) is 9.07 Å². The number of ether oxygens (including phenoxy) is 2. The van der Waals surface area contributed by atoms with E-state index in [0.29, 0.717) is 33.8 Å². The third-order valence-corrected chi connectivity index (χ3v) is 5.11. The van der Waals surface area contributed by atoms with Crippen molar-refractivity contribution in [3.63, 3.8) is 0 Å². The van der Waals surface area contributed by atoms with Gasteiger partial charge in [0.15, 0.2) is 16.8 Å². The molecule has 0 aliphatic carbocycles. The van der Waals surface area contributed by atoms with Gasteiger partial charge in [-0.1, -0.05) is 12.1 Å². The quantitative estimate of drug-likeness (QED) is 0.394. The maximum Gasteiger partial charge on any atom is 0.311 e. The summed E-state index contributed by atoms with van der Waals surface area (Å²) in [4.78, 5) is 11.9. The highest BCUT2D eigenvalue weighted by Crippen LogP contribution is 2.28. The predicted octanol–water partition coefficient (Wildman–Crippen LogP) is 2.99. The van der Waals surface area contributed by atoms with E-state index >= 15 is 0 Å². The highest BCUT2D eigenvalue weighted by Gasteiger charge is 2.22. The molecule has 0 atom stereocenters. The van der Waals surface area contributed by atoms with Crippen LogP contribution in [0.25, 0.3) is 33.6 Å². The fourth-order valence-corrected chi connectivity index (χ4v) is 3.49. The molecule has 0 saturated carbocycles. The molecule has 2 aromatic carbocycles. The summed E-state index contributed by atoms with van der Waals surface area (Å²) in [6.07, 6.45) is 1.57. The summed E-state index contributed by atoms with van der Waals surface area (Å²) >= 11 is 0. The lowest BCUT2D eigenvalue weighted by Gasteiger charge is -2.06. The van der Waals surface area contributed by atoms with Gasteiger partial charge >= 0.3 is 5.97 Å². The summed E-state index contributed by atoms with van der Waals surface area (Å²) in [6, 6.07) is 13.3. The Balaban J connectivity index is 1.75. The minimum atomic E-state index is -0.444. The molecular weight excluding hydrogens is 415 g/mol. The Hall–Kier alpha value is -4.34. The zero-order chi connectivity index (χ0) is 22.2. The number of rotatable bonds is 5. The van der Waals surface area contributed by atoms with Crippen molar-refractivity contribution in [2.45, 2.75) is 6.42 Å². The second kappa shape index (κ2) is 7.73. The Labute approximate surface area is 181 Å². The van der Waals surface area contributed by atoms with Crippen LogP contribution in [0.3, 0.4) is 0 Å². The molecule has 0 unspecified atom stereocenters. The van der Waals surface area contributed by atoms with E-state index in [-0.39, 0.29) is 12.2 Å². The second-order valence-corrected chi connectivity index (χ2v) is 6.98. The van der Waals surface area contributed by atoms with Gasteiger partial charge in [0.25, 0.3) is 0 Å². The second-order valence-electron chi connectivity index (χ2n) is 6.98. The summed E-state index contributed by atoms with van der Waals surface area (Å²) in [5.74, 6) is -0.0769. The average Bonchev–Trinajstić information content (AvgIpc) is 3.41. The number of halogens is 1. The number of hydrogen-bond acceptors (Lipinski definition) is 7. The maximum atomic E-state index is 13.4. The lowest BCUT2D eigenvalue weighted by molar-refractivity contribution is -0.139. The molecule has 160 valence electrons. The van der Waals surface area contributed by atoms with Crippen molar-refractivity contribution in [1.29, 1.82) is 0 Å². The van der Waals surface area contributed by atoms with Crippen LogP contribution >= 0.6 is 0 Å². The first-order chi connectivity index (χ1) is 15.6. The van der Waals surface area contributed by atoms with Gasteiger partial charge in [0.2, 0.25) is 0 Å². The third kappa shape index (κ3) is 3.22. The van der Waals surface area contributed by atoms with E-state index in [1.54, 1.807) is 34.6 Å². The molecule has 3 heterocycles. The molecule has 0 aliphatic heterocycles. The topological polar surface area (TPSA) is 96.4 Å². The predicted molar refractivity (Wildman–Crippen MR) is 113 cm³/mol. The lowest BCUT2D eigenvalue weighted by atomic mass is 10.1. The monoisotopic (exact) mass is 432 g/mol. The molecule has 0 bridgehead atoms. The number of methoxy groups -OCH3 is 2. The minimum absolute atomic E-state index is 0.0670. The minimum Gasteiger partial charge on any atom is -0.497 e. The molecule has 0 N–H and O–H groups in total. The molecule has 32 heavy (non-hydrogen) atoms. The largest absolute Gasteiger partial charge is 0.497 e. The van der Waals surface area contributed by atoms with Gasteiger partial charge in [0.1, 0.15) is 17.3 Å². The molecule has 0 radical (unpaired) electrons. The molecule has 9 nitrogen and oxygen atoms in total. The summed E-state index contributed by atoms with van der Waals surface area (Å²) in [7, 11) is 2.91. The van der Waals surface area contributed by atoms with Gasteiger partial charge in [0, 0.05) is 5.56 Å². The van der Waals surface area contributed by atoms with Crippen LogP contribution in [-0.2, 0) is 16.0 Å². The van der Waals surface area contributed by atoms with Crippen LogP contribution in [0.4, 0.5) is 4.39 Å². The van der Waals surface area contributed by atoms with Crippen LogP contribution in [0.2, 0.25) is 0 Å². The summed E-state index contributed by atoms with van der Waals surface area (Å²) in [5, 5.41) is 17.8. The Morgan fingerprint density at radius 3 is 2.47 bits per heavy atom. The van der Waals surface area contributed by atoms with Crippen LogP contribution in [0.5, 0.6) is 5.75 Å². The van der Waals surface area contributed by atoms with Crippen molar-refractivity contribution in [1.82, 2.24) is 29.6 Å². The van der Waals surface area contributed by atoms with Crippen LogP contribution in [-0.4, -0.2) is 49.8 Å². The van der Waals surface area contributed by atoms with E-state index in [0.717, 1.165) is 11.3 Å². The van der Waals surface area contributed by atoms with Gasteiger partial charge in [-0.2, -0.15) is 14.7 Å². The van der Waals surface area contributed by atoms with Crippen molar-refractivity contribution in [3.05, 3.63) is 66.2 Å². The highest BCUT2D eigenvalue weighted by atomic mass is 19.1. The Morgan fingerprint density at radius 2 is 1.78 bits per heavy atom. The first kappa shape index (κ1) is 19.6. The standard InChI is InChI=1S/C22H17FN6O3/c1-31-16-9-7-15(8-10-16)28-22-20(18(27-28)11-19(30)32-2)25-26-21-17(12-24-29(21)22)13-3-5-14(23)6-4-13/h3-10,12H,11H2,1-2H3. The summed E-state index contributed by atoms with van der Waals surface area (Å²) in [6.45, 7) is 0. The van der Waals surface area contributed by atoms with Crippen LogP contribution in [0, 0.1) is 5.82 Å². The molecule has 0 spiro atoms. The molecule has 3 aromatic heterocycles. The number of carbonyl (C=O) groups is 1. The molecule has 5 rings (SSSR count). The fraction of sp³-hybridized carbons (Fsp3) is 0.136. The highest BCUT2D eigenvalue weighted by molar-refractivity contribution is 5.85. The van der Waals surface area contributed by atoms with E-state index in [1.165, 1.54) is 19.2 Å². The van der Waals surface area contributed by atoms with E-state index in [4.69, 9.17) is 9.47 Å². The van der Waals surface area contributed by atoms with Crippen molar-refractivity contribution >= 4 is 22.8 Å². The van der Waals surface area contributed by atoms with Crippen molar-refractivity contribution in [3.8, 4) is 22.6 Å². The number of esters is 1. The number of nitrogens with zero attached hydrogens (tertiary/aromatic N) is 6.